The number of methoxy groups -OCH3 is 1. The third-order valence-corrected chi connectivity index (χ3v) is 3.57. The van der Waals surface area contributed by atoms with Gasteiger partial charge in [-0.05, 0) is 42.5 Å². The van der Waals surface area contributed by atoms with Crippen LogP contribution in [0, 0.1) is 0 Å². The molecule has 5 nitrogen and oxygen atoms in total. The average Bonchev–Trinajstić information content (AvgIpc) is 2.92. The van der Waals surface area contributed by atoms with Crippen molar-refractivity contribution >= 4 is 0 Å². The van der Waals surface area contributed by atoms with Crippen LogP contribution >= 0.6 is 0 Å². The van der Waals surface area contributed by atoms with Gasteiger partial charge in [0.25, 0.3) is 0 Å². The summed E-state index contributed by atoms with van der Waals surface area (Å²) in [7, 11) is 1.67. The van der Waals surface area contributed by atoms with Crippen molar-refractivity contribution in [2.24, 2.45) is 5.73 Å². The number of hydrogen-bond donors (Lipinski definition) is 1. The molecule has 0 bridgehead atoms. The Morgan fingerprint density at radius 2 is 2.28 bits per heavy atom. The predicted molar refractivity (Wildman–Crippen MR) is 65.2 cm³/mol. The molecule has 1 aromatic carbocycles. The molecule has 0 aliphatic heterocycles. The second-order valence-corrected chi connectivity index (χ2v) is 4.72. The molecule has 1 aliphatic rings. The van der Waals surface area contributed by atoms with Gasteiger partial charge in [0.2, 0.25) is 6.39 Å². The fourth-order valence-electron chi connectivity index (χ4n) is 2.50. The second-order valence-electron chi connectivity index (χ2n) is 4.72. The first-order valence-electron chi connectivity index (χ1n) is 5.93. The van der Waals surface area contributed by atoms with Gasteiger partial charge in [-0.2, -0.15) is 4.98 Å². The molecule has 0 spiro atoms. The first-order chi connectivity index (χ1) is 8.71. The zero-order valence-corrected chi connectivity index (χ0v) is 10.2. The molecule has 1 aromatic heterocycles. The summed E-state index contributed by atoms with van der Waals surface area (Å²) in [6.07, 6.45) is 3.78. The van der Waals surface area contributed by atoms with E-state index < -0.39 is 5.54 Å². The number of benzene rings is 1. The van der Waals surface area contributed by atoms with Crippen molar-refractivity contribution in [2.45, 2.75) is 24.8 Å². The van der Waals surface area contributed by atoms with Crippen molar-refractivity contribution in [3.8, 4) is 5.75 Å². The van der Waals surface area contributed by atoms with Crippen LogP contribution in [0.15, 0.2) is 29.1 Å². The minimum Gasteiger partial charge on any atom is -0.497 e. The number of fused-ring (bicyclic) bond motifs is 1. The van der Waals surface area contributed by atoms with E-state index in [9.17, 15) is 0 Å². The smallest absolute Gasteiger partial charge is 0.213 e. The highest BCUT2D eigenvalue weighted by atomic mass is 16.5. The molecule has 0 saturated heterocycles. The van der Waals surface area contributed by atoms with E-state index in [0.717, 1.165) is 18.6 Å². The Balaban J connectivity index is 1.96. The summed E-state index contributed by atoms with van der Waals surface area (Å²) in [6, 6.07) is 6.12. The molecule has 0 amide bonds. The SMILES string of the molecule is COc1ccc2c(c1)CC(N)(c1ncon1)CC2. The third kappa shape index (κ3) is 1.76. The van der Waals surface area contributed by atoms with Gasteiger partial charge in [-0.15, -0.1) is 0 Å². The molecule has 2 aromatic rings. The summed E-state index contributed by atoms with van der Waals surface area (Å²) in [5.41, 5.74) is 8.39. The molecule has 0 radical (unpaired) electrons. The summed E-state index contributed by atoms with van der Waals surface area (Å²) in [5.74, 6) is 1.43. The first-order valence-corrected chi connectivity index (χ1v) is 5.93. The van der Waals surface area contributed by atoms with Crippen LogP contribution in [0.1, 0.15) is 23.4 Å². The average molecular weight is 245 g/mol. The minimum atomic E-state index is -0.535. The van der Waals surface area contributed by atoms with Crippen molar-refractivity contribution in [2.75, 3.05) is 7.11 Å². The molecule has 5 heteroatoms. The van der Waals surface area contributed by atoms with Gasteiger partial charge in [0, 0.05) is 0 Å². The Bertz CT molecular complexity index is 553. The number of aromatic nitrogens is 2. The summed E-state index contributed by atoms with van der Waals surface area (Å²) in [4.78, 5) is 4.09. The van der Waals surface area contributed by atoms with Crippen LogP contribution in [-0.4, -0.2) is 17.3 Å². The maximum Gasteiger partial charge on any atom is 0.213 e. The van der Waals surface area contributed by atoms with Crippen molar-refractivity contribution < 1.29 is 9.26 Å². The van der Waals surface area contributed by atoms with Crippen LogP contribution in [0.25, 0.3) is 0 Å². The van der Waals surface area contributed by atoms with Crippen LogP contribution in [0.3, 0.4) is 0 Å². The van der Waals surface area contributed by atoms with E-state index in [0.29, 0.717) is 12.2 Å². The van der Waals surface area contributed by atoms with Crippen LogP contribution in [0.4, 0.5) is 0 Å². The van der Waals surface area contributed by atoms with Crippen LogP contribution in [-0.2, 0) is 18.4 Å². The number of ether oxygens (including phenoxy) is 1. The highest BCUT2D eigenvalue weighted by Crippen LogP contribution is 2.34. The van der Waals surface area contributed by atoms with E-state index in [2.05, 4.69) is 16.2 Å². The normalized spacial score (nSPS) is 22.6. The molecule has 18 heavy (non-hydrogen) atoms. The Kier molecular flexibility index (Phi) is 2.56. The van der Waals surface area contributed by atoms with Crippen molar-refractivity contribution in [1.29, 1.82) is 0 Å². The Morgan fingerprint density at radius 3 is 3.00 bits per heavy atom. The van der Waals surface area contributed by atoms with Crippen molar-refractivity contribution in [3.05, 3.63) is 41.5 Å². The second kappa shape index (κ2) is 4.10. The lowest BCUT2D eigenvalue weighted by atomic mass is 9.78. The molecular weight excluding hydrogens is 230 g/mol. The quantitative estimate of drug-likeness (QED) is 0.866. The Hall–Kier alpha value is -1.88. The monoisotopic (exact) mass is 245 g/mol. The standard InChI is InChI=1S/C13H15N3O2/c1-17-11-3-2-9-4-5-13(14,7-10(9)6-11)12-15-8-18-16-12/h2-3,6,8H,4-5,7,14H2,1H3. The van der Waals surface area contributed by atoms with Gasteiger partial charge in [-0.1, -0.05) is 11.2 Å². The number of aryl methyl sites for hydroxylation is 1. The fourth-order valence-corrected chi connectivity index (χ4v) is 2.50. The highest BCUT2D eigenvalue weighted by molar-refractivity contribution is 5.39. The van der Waals surface area contributed by atoms with E-state index >= 15 is 0 Å². The molecule has 94 valence electrons. The molecule has 0 saturated carbocycles. The maximum atomic E-state index is 6.41. The van der Waals surface area contributed by atoms with E-state index in [1.165, 1.54) is 17.5 Å². The van der Waals surface area contributed by atoms with E-state index in [-0.39, 0.29) is 0 Å². The lowest BCUT2D eigenvalue weighted by molar-refractivity contribution is 0.331. The lowest BCUT2D eigenvalue weighted by Crippen LogP contribution is -2.43. The Labute approximate surface area is 105 Å². The van der Waals surface area contributed by atoms with Crippen LogP contribution in [0.2, 0.25) is 0 Å². The molecule has 1 atom stereocenters. The first kappa shape index (κ1) is 11.2. The minimum absolute atomic E-state index is 0.535. The van der Waals surface area contributed by atoms with Gasteiger partial charge in [-0.25, -0.2) is 0 Å². The van der Waals surface area contributed by atoms with Gasteiger partial charge in [0.05, 0.1) is 12.6 Å². The van der Waals surface area contributed by atoms with Crippen LogP contribution < -0.4 is 10.5 Å². The lowest BCUT2D eigenvalue weighted by Gasteiger charge is -2.32. The summed E-state index contributed by atoms with van der Waals surface area (Å²) in [6.45, 7) is 0. The number of hydrogen-bond acceptors (Lipinski definition) is 5. The molecule has 3 rings (SSSR count). The zero-order valence-electron chi connectivity index (χ0n) is 10.2. The predicted octanol–water partition coefficient (Wildman–Crippen LogP) is 1.42. The van der Waals surface area contributed by atoms with E-state index in [1.807, 2.05) is 12.1 Å². The van der Waals surface area contributed by atoms with Crippen molar-refractivity contribution in [1.82, 2.24) is 10.1 Å². The summed E-state index contributed by atoms with van der Waals surface area (Å²) in [5, 5.41) is 3.88. The summed E-state index contributed by atoms with van der Waals surface area (Å²) >= 11 is 0. The molecule has 1 heterocycles. The summed E-state index contributed by atoms with van der Waals surface area (Å²) < 4.78 is 10.0. The third-order valence-electron chi connectivity index (χ3n) is 3.57. The van der Waals surface area contributed by atoms with Crippen LogP contribution in [0.5, 0.6) is 5.75 Å². The molecular formula is C13H15N3O2. The molecule has 2 N–H and O–H groups in total. The van der Waals surface area contributed by atoms with Gasteiger partial charge < -0.3 is 15.0 Å². The maximum absolute atomic E-state index is 6.41. The molecule has 0 fully saturated rings. The molecule has 1 aliphatic carbocycles. The highest BCUT2D eigenvalue weighted by Gasteiger charge is 2.36. The van der Waals surface area contributed by atoms with Gasteiger partial charge >= 0.3 is 0 Å². The number of nitrogens with zero attached hydrogens (tertiary/aromatic N) is 2. The zero-order chi connectivity index (χ0) is 12.6. The topological polar surface area (TPSA) is 74.2 Å². The van der Waals surface area contributed by atoms with Crippen molar-refractivity contribution in [3.63, 3.8) is 0 Å². The largest absolute Gasteiger partial charge is 0.497 e. The van der Waals surface area contributed by atoms with E-state index in [4.69, 9.17) is 15.0 Å². The number of rotatable bonds is 2. The van der Waals surface area contributed by atoms with Gasteiger partial charge in [0.15, 0.2) is 5.82 Å². The van der Waals surface area contributed by atoms with Gasteiger partial charge in [0.1, 0.15) is 5.75 Å². The van der Waals surface area contributed by atoms with E-state index in [1.54, 1.807) is 7.11 Å². The molecule has 1 unspecified atom stereocenters. The fraction of sp³-hybridized carbons (Fsp3) is 0.385. The number of nitrogens with two attached hydrogens (primary N) is 1. The Morgan fingerprint density at radius 1 is 1.39 bits per heavy atom. The van der Waals surface area contributed by atoms with Gasteiger partial charge in [-0.3, -0.25) is 0 Å².